The SMILES string of the molecule is Cc1ccccc1CCc1nc2ncccc2[nH]1. The van der Waals surface area contributed by atoms with Gasteiger partial charge in [-0.05, 0) is 36.6 Å². The van der Waals surface area contributed by atoms with Gasteiger partial charge in [-0.3, -0.25) is 0 Å². The molecule has 0 saturated carbocycles. The minimum Gasteiger partial charge on any atom is -0.341 e. The number of rotatable bonds is 3. The number of hydrogen-bond acceptors (Lipinski definition) is 2. The van der Waals surface area contributed by atoms with E-state index in [0.717, 1.165) is 29.8 Å². The van der Waals surface area contributed by atoms with E-state index >= 15 is 0 Å². The smallest absolute Gasteiger partial charge is 0.177 e. The highest BCUT2D eigenvalue weighted by atomic mass is 15.0. The number of pyridine rings is 1. The maximum Gasteiger partial charge on any atom is 0.177 e. The number of benzene rings is 1. The van der Waals surface area contributed by atoms with Crippen molar-refractivity contribution in [2.24, 2.45) is 0 Å². The molecule has 2 heterocycles. The van der Waals surface area contributed by atoms with Crippen molar-refractivity contribution in [3.05, 3.63) is 59.5 Å². The molecule has 0 aliphatic heterocycles. The fourth-order valence-electron chi connectivity index (χ4n) is 2.16. The van der Waals surface area contributed by atoms with Gasteiger partial charge in [0.05, 0.1) is 5.52 Å². The van der Waals surface area contributed by atoms with Crippen LogP contribution in [0.15, 0.2) is 42.6 Å². The number of hydrogen-bond donors (Lipinski definition) is 1. The monoisotopic (exact) mass is 237 g/mol. The van der Waals surface area contributed by atoms with E-state index in [1.807, 2.05) is 12.1 Å². The van der Waals surface area contributed by atoms with Crippen molar-refractivity contribution in [2.45, 2.75) is 19.8 Å². The summed E-state index contributed by atoms with van der Waals surface area (Å²) in [5.74, 6) is 1.01. The molecule has 3 heteroatoms. The van der Waals surface area contributed by atoms with Gasteiger partial charge in [0.2, 0.25) is 0 Å². The fourth-order valence-corrected chi connectivity index (χ4v) is 2.16. The minimum atomic E-state index is 0.803. The Bertz CT molecular complexity index is 637. The molecule has 3 aromatic rings. The van der Waals surface area contributed by atoms with Crippen LogP contribution in [0.2, 0.25) is 0 Å². The van der Waals surface area contributed by atoms with Gasteiger partial charge in [0.25, 0.3) is 0 Å². The van der Waals surface area contributed by atoms with Crippen LogP contribution in [0.4, 0.5) is 0 Å². The van der Waals surface area contributed by atoms with Gasteiger partial charge in [-0.2, -0.15) is 0 Å². The van der Waals surface area contributed by atoms with Gasteiger partial charge in [0.15, 0.2) is 5.65 Å². The Morgan fingerprint density at radius 3 is 2.78 bits per heavy atom. The van der Waals surface area contributed by atoms with E-state index in [1.165, 1.54) is 11.1 Å². The number of aryl methyl sites for hydroxylation is 3. The van der Waals surface area contributed by atoms with Gasteiger partial charge in [-0.15, -0.1) is 0 Å². The van der Waals surface area contributed by atoms with Crippen molar-refractivity contribution in [1.82, 2.24) is 15.0 Å². The summed E-state index contributed by atoms with van der Waals surface area (Å²) in [4.78, 5) is 12.0. The predicted octanol–water partition coefficient (Wildman–Crippen LogP) is 3.05. The number of H-pyrrole nitrogens is 1. The molecule has 0 aliphatic rings. The molecule has 0 saturated heterocycles. The first-order valence-electron chi connectivity index (χ1n) is 6.17. The van der Waals surface area contributed by atoms with E-state index in [-0.39, 0.29) is 0 Å². The highest BCUT2D eigenvalue weighted by molar-refractivity contribution is 5.69. The highest BCUT2D eigenvalue weighted by Gasteiger charge is 2.04. The maximum absolute atomic E-state index is 4.49. The second-order valence-electron chi connectivity index (χ2n) is 4.48. The number of aromatic amines is 1. The first kappa shape index (κ1) is 11.0. The van der Waals surface area contributed by atoms with Crippen LogP contribution in [0.3, 0.4) is 0 Å². The number of fused-ring (bicyclic) bond motifs is 1. The van der Waals surface area contributed by atoms with Crippen molar-refractivity contribution in [3.8, 4) is 0 Å². The zero-order valence-corrected chi connectivity index (χ0v) is 10.4. The van der Waals surface area contributed by atoms with Crippen molar-refractivity contribution < 1.29 is 0 Å². The molecule has 0 unspecified atom stereocenters. The number of nitrogens with zero attached hydrogens (tertiary/aromatic N) is 2. The van der Waals surface area contributed by atoms with Crippen molar-refractivity contribution in [2.75, 3.05) is 0 Å². The van der Waals surface area contributed by atoms with E-state index in [2.05, 4.69) is 46.1 Å². The molecule has 1 aromatic carbocycles. The van der Waals surface area contributed by atoms with Gasteiger partial charge in [-0.1, -0.05) is 24.3 Å². The Kier molecular flexibility index (Phi) is 2.81. The third-order valence-electron chi connectivity index (χ3n) is 3.20. The zero-order valence-electron chi connectivity index (χ0n) is 10.4. The normalized spacial score (nSPS) is 10.9. The molecule has 0 radical (unpaired) electrons. The molecule has 2 aromatic heterocycles. The summed E-state index contributed by atoms with van der Waals surface area (Å²) in [7, 11) is 0. The van der Waals surface area contributed by atoms with E-state index < -0.39 is 0 Å². The van der Waals surface area contributed by atoms with Crippen LogP contribution in [0, 0.1) is 6.92 Å². The van der Waals surface area contributed by atoms with E-state index in [9.17, 15) is 0 Å². The molecule has 0 amide bonds. The van der Waals surface area contributed by atoms with Crippen LogP contribution in [-0.4, -0.2) is 15.0 Å². The standard InChI is InChI=1S/C15H15N3/c1-11-5-2-3-6-12(11)8-9-14-17-13-7-4-10-16-15(13)18-14/h2-7,10H,8-9H2,1H3,(H,16,17,18). The molecule has 0 atom stereocenters. The van der Waals surface area contributed by atoms with Crippen LogP contribution in [0.5, 0.6) is 0 Å². The van der Waals surface area contributed by atoms with Crippen LogP contribution in [0.25, 0.3) is 11.2 Å². The summed E-state index contributed by atoms with van der Waals surface area (Å²) in [6.45, 7) is 2.15. The van der Waals surface area contributed by atoms with E-state index in [0.29, 0.717) is 0 Å². The molecule has 0 bridgehead atoms. The molecule has 0 spiro atoms. The van der Waals surface area contributed by atoms with Gasteiger partial charge in [0, 0.05) is 12.6 Å². The lowest BCUT2D eigenvalue weighted by atomic mass is 10.0. The molecule has 0 fully saturated rings. The molecular weight excluding hydrogens is 222 g/mol. The first-order chi connectivity index (χ1) is 8.83. The predicted molar refractivity (Wildman–Crippen MR) is 72.5 cm³/mol. The lowest BCUT2D eigenvalue weighted by Gasteiger charge is -2.03. The molecule has 90 valence electrons. The quantitative estimate of drug-likeness (QED) is 0.760. The number of nitrogens with one attached hydrogen (secondary N) is 1. The molecular formula is C15H15N3. The molecule has 18 heavy (non-hydrogen) atoms. The molecule has 3 nitrogen and oxygen atoms in total. The van der Waals surface area contributed by atoms with Crippen molar-refractivity contribution >= 4 is 11.2 Å². The summed E-state index contributed by atoms with van der Waals surface area (Å²) in [5.41, 5.74) is 4.53. The third-order valence-corrected chi connectivity index (χ3v) is 3.20. The Morgan fingerprint density at radius 2 is 1.94 bits per heavy atom. The van der Waals surface area contributed by atoms with Crippen LogP contribution >= 0.6 is 0 Å². The topological polar surface area (TPSA) is 41.6 Å². The average Bonchev–Trinajstić information content (AvgIpc) is 2.80. The summed E-state index contributed by atoms with van der Waals surface area (Å²) >= 11 is 0. The largest absolute Gasteiger partial charge is 0.341 e. The number of imidazole rings is 1. The highest BCUT2D eigenvalue weighted by Crippen LogP contribution is 2.12. The number of aromatic nitrogens is 3. The Labute approximate surface area is 106 Å². The van der Waals surface area contributed by atoms with Crippen LogP contribution in [-0.2, 0) is 12.8 Å². The first-order valence-corrected chi connectivity index (χ1v) is 6.17. The second kappa shape index (κ2) is 4.61. The van der Waals surface area contributed by atoms with Gasteiger partial charge in [-0.25, -0.2) is 9.97 Å². The summed E-state index contributed by atoms with van der Waals surface area (Å²) in [6.07, 6.45) is 3.70. The second-order valence-corrected chi connectivity index (χ2v) is 4.48. The van der Waals surface area contributed by atoms with Gasteiger partial charge >= 0.3 is 0 Å². The lowest BCUT2D eigenvalue weighted by molar-refractivity contribution is 0.882. The van der Waals surface area contributed by atoms with Gasteiger partial charge < -0.3 is 4.98 Å². The van der Waals surface area contributed by atoms with Crippen LogP contribution in [0.1, 0.15) is 17.0 Å². The Hall–Kier alpha value is -2.16. The van der Waals surface area contributed by atoms with Crippen molar-refractivity contribution in [3.63, 3.8) is 0 Å². The lowest BCUT2D eigenvalue weighted by Crippen LogP contribution is -1.95. The summed E-state index contributed by atoms with van der Waals surface area (Å²) in [6, 6.07) is 12.4. The Morgan fingerprint density at radius 1 is 1.06 bits per heavy atom. The van der Waals surface area contributed by atoms with Gasteiger partial charge in [0.1, 0.15) is 5.82 Å². The van der Waals surface area contributed by atoms with Crippen molar-refractivity contribution in [1.29, 1.82) is 0 Å². The molecule has 3 rings (SSSR count). The third kappa shape index (κ3) is 2.12. The van der Waals surface area contributed by atoms with E-state index in [4.69, 9.17) is 0 Å². The zero-order chi connectivity index (χ0) is 12.4. The minimum absolute atomic E-state index is 0.803. The maximum atomic E-state index is 4.49. The molecule has 0 aliphatic carbocycles. The average molecular weight is 237 g/mol. The summed E-state index contributed by atoms with van der Waals surface area (Å²) < 4.78 is 0. The fraction of sp³-hybridized carbons (Fsp3) is 0.200. The summed E-state index contributed by atoms with van der Waals surface area (Å²) in [5, 5.41) is 0. The van der Waals surface area contributed by atoms with E-state index in [1.54, 1.807) is 6.20 Å². The molecule has 1 N–H and O–H groups in total. The Balaban J connectivity index is 1.79. The van der Waals surface area contributed by atoms with Crippen LogP contribution < -0.4 is 0 Å².